The quantitative estimate of drug-likeness (QED) is 0.754. The lowest BCUT2D eigenvalue weighted by Crippen LogP contribution is -2.56. The first-order valence-electron chi connectivity index (χ1n) is 8.56. The summed E-state index contributed by atoms with van der Waals surface area (Å²) in [6.07, 6.45) is 8.81. The van der Waals surface area contributed by atoms with Crippen molar-refractivity contribution in [2.75, 3.05) is 26.2 Å². The minimum absolute atomic E-state index is 0.747. The largest absolute Gasteiger partial charge is 0.301 e. The summed E-state index contributed by atoms with van der Waals surface area (Å²) in [7, 11) is 0. The first-order chi connectivity index (χ1) is 9.08. The van der Waals surface area contributed by atoms with E-state index >= 15 is 0 Å². The molecule has 2 heteroatoms. The summed E-state index contributed by atoms with van der Waals surface area (Å²) >= 11 is 0. The van der Waals surface area contributed by atoms with Crippen LogP contribution in [0.15, 0.2) is 0 Å². The molecule has 1 spiro atoms. The van der Waals surface area contributed by atoms with Gasteiger partial charge in [-0.1, -0.05) is 6.92 Å². The van der Waals surface area contributed by atoms with Crippen LogP contribution in [-0.4, -0.2) is 48.1 Å². The van der Waals surface area contributed by atoms with Gasteiger partial charge in [0.2, 0.25) is 0 Å². The minimum atomic E-state index is 0.747. The van der Waals surface area contributed by atoms with Crippen LogP contribution in [0, 0.1) is 11.3 Å². The highest BCUT2D eigenvalue weighted by Crippen LogP contribution is 2.51. The van der Waals surface area contributed by atoms with Crippen molar-refractivity contribution in [1.82, 2.24) is 9.80 Å². The summed E-state index contributed by atoms with van der Waals surface area (Å²) in [5.41, 5.74) is 0.749. The average molecular weight is 264 g/mol. The van der Waals surface area contributed by atoms with Gasteiger partial charge in [-0.15, -0.1) is 0 Å². The molecular weight excluding hydrogens is 232 g/mol. The third kappa shape index (κ3) is 2.85. The lowest BCUT2D eigenvalue weighted by Gasteiger charge is -2.56. The van der Waals surface area contributed by atoms with E-state index in [1.165, 1.54) is 64.7 Å². The molecule has 3 aliphatic rings. The van der Waals surface area contributed by atoms with Crippen molar-refractivity contribution in [3.8, 4) is 0 Å². The van der Waals surface area contributed by atoms with Gasteiger partial charge < -0.3 is 9.80 Å². The van der Waals surface area contributed by atoms with Crippen LogP contribution in [0.5, 0.6) is 0 Å². The summed E-state index contributed by atoms with van der Waals surface area (Å²) in [6.45, 7) is 12.6. The molecule has 2 aliphatic heterocycles. The second-order valence-corrected chi connectivity index (χ2v) is 7.91. The fourth-order valence-electron chi connectivity index (χ4n) is 4.51. The molecule has 0 radical (unpaired) electrons. The zero-order valence-electron chi connectivity index (χ0n) is 13.2. The van der Waals surface area contributed by atoms with Gasteiger partial charge in [-0.3, -0.25) is 0 Å². The molecule has 1 aliphatic carbocycles. The number of hydrogen-bond donors (Lipinski definition) is 0. The van der Waals surface area contributed by atoms with Crippen LogP contribution in [0.3, 0.4) is 0 Å². The van der Waals surface area contributed by atoms with Gasteiger partial charge in [-0.25, -0.2) is 0 Å². The van der Waals surface area contributed by atoms with Gasteiger partial charge in [0, 0.05) is 12.1 Å². The van der Waals surface area contributed by atoms with E-state index in [-0.39, 0.29) is 0 Å². The van der Waals surface area contributed by atoms with Crippen molar-refractivity contribution in [3.63, 3.8) is 0 Å². The fraction of sp³-hybridized carbons (Fsp3) is 1.00. The number of nitrogens with zero attached hydrogens (tertiary/aromatic N) is 2. The molecular formula is C17H32N2. The van der Waals surface area contributed by atoms with E-state index in [4.69, 9.17) is 0 Å². The second kappa shape index (κ2) is 5.37. The van der Waals surface area contributed by atoms with E-state index in [0.29, 0.717) is 0 Å². The standard InChI is InChI=1S/C17H32N2/c1-14(2)18-10-6-17(7-11-18)12-16(13-17)19-8-4-15(3)5-9-19/h14-16H,4-13H2,1-3H3. The maximum atomic E-state index is 2.81. The molecule has 2 saturated heterocycles. The summed E-state index contributed by atoms with van der Waals surface area (Å²) in [5.74, 6) is 0.972. The van der Waals surface area contributed by atoms with E-state index in [1.807, 2.05) is 0 Å². The van der Waals surface area contributed by atoms with Gasteiger partial charge >= 0.3 is 0 Å². The van der Waals surface area contributed by atoms with Gasteiger partial charge in [-0.05, 0) is 89.9 Å². The van der Waals surface area contributed by atoms with E-state index in [1.54, 1.807) is 0 Å². The summed E-state index contributed by atoms with van der Waals surface area (Å²) < 4.78 is 0. The molecule has 0 aromatic carbocycles. The second-order valence-electron chi connectivity index (χ2n) is 7.91. The summed E-state index contributed by atoms with van der Waals surface area (Å²) in [5, 5.41) is 0. The van der Waals surface area contributed by atoms with E-state index in [2.05, 4.69) is 30.6 Å². The normalized spacial score (nSPS) is 30.9. The number of hydrogen-bond acceptors (Lipinski definition) is 2. The summed E-state index contributed by atoms with van der Waals surface area (Å²) in [4.78, 5) is 5.47. The number of likely N-dealkylation sites (tertiary alicyclic amines) is 2. The first-order valence-corrected chi connectivity index (χ1v) is 8.56. The monoisotopic (exact) mass is 264 g/mol. The Hall–Kier alpha value is -0.0800. The highest BCUT2D eigenvalue weighted by molar-refractivity contribution is 5.01. The SMILES string of the molecule is CC1CCN(C2CC3(CCN(C(C)C)CC3)C2)CC1. The molecule has 3 fully saturated rings. The predicted molar refractivity (Wildman–Crippen MR) is 81.4 cm³/mol. The van der Waals surface area contributed by atoms with E-state index < -0.39 is 0 Å². The highest BCUT2D eigenvalue weighted by atomic mass is 15.2. The maximum absolute atomic E-state index is 2.81. The summed E-state index contributed by atoms with van der Waals surface area (Å²) in [6, 6.07) is 1.69. The average Bonchev–Trinajstić information content (AvgIpc) is 2.37. The molecule has 0 amide bonds. The lowest BCUT2D eigenvalue weighted by molar-refractivity contribution is -0.0552. The number of rotatable bonds is 2. The van der Waals surface area contributed by atoms with E-state index in [0.717, 1.165) is 23.4 Å². The molecule has 19 heavy (non-hydrogen) atoms. The molecule has 2 heterocycles. The van der Waals surface area contributed by atoms with Gasteiger partial charge in [-0.2, -0.15) is 0 Å². The van der Waals surface area contributed by atoms with Crippen molar-refractivity contribution in [3.05, 3.63) is 0 Å². The van der Waals surface area contributed by atoms with Crippen molar-refractivity contribution in [2.24, 2.45) is 11.3 Å². The molecule has 0 aromatic heterocycles. The molecule has 3 rings (SSSR count). The van der Waals surface area contributed by atoms with Gasteiger partial charge in [0.05, 0.1) is 0 Å². The molecule has 0 bridgehead atoms. The molecule has 0 unspecified atom stereocenters. The Bertz CT molecular complexity index is 288. The Kier molecular flexibility index (Phi) is 3.92. The molecule has 1 saturated carbocycles. The molecule has 0 aromatic rings. The molecule has 110 valence electrons. The van der Waals surface area contributed by atoms with E-state index in [9.17, 15) is 0 Å². The minimum Gasteiger partial charge on any atom is -0.301 e. The Morgan fingerprint density at radius 3 is 2.05 bits per heavy atom. The van der Waals surface area contributed by atoms with Crippen molar-refractivity contribution < 1.29 is 0 Å². The molecule has 0 N–H and O–H groups in total. The molecule has 2 nitrogen and oxygen atoms in total. The zero-order valence-corrected chi connectivity index (χ0v) is 13.2. The molecule has 0 atom stereocenters. The Balaban J connectivity index is 1.45. The Labute approximate surface area is 119 Å². The van der Waals surface area contributed by atoms with Gasteiger partial charge in [0.15, 0.2) is 0 Å². The van der Waals surface area contributed by atoms with Crippen LogP contribution >= 0.6 is 0 Å². The Morgan fingerprint density at radius 1 is 0.947 bits per heavy atom. The maximum Gasteiger partial charge on any atom is 0.0106 e. The van der Waals surface area contributed by atoms with Crippen LogP contribution in [0.25, 0.3) is 0 Å². The van der Waals surface area contributed by atoms with Crippen LogP contribution in [0.4, 0.5) is 0 Å². The van der Waals surface area contributed by atoms with Crippen molar-refractivity contribution in [1.29, 1.82) is 0 Å². The highest BCUT2D eigenvalue weighted by Gasteiger charge is 2.47. The smallest absolute Gasteiger partial charge is 0.0106 e. The van der Waals surface area contributed by atoms with Crippen LogP contribution in [0.2, 0.25) is 0 Å². The first kappa shape index (κ1) is 13.9. The Morgan fingerprint density at radius 2 is 1.53 bits per heavy atom. The van der Waals surface area contributed by atoms with Crippen molar-refractivity contribution in [2.45, 2.75) is 71.4 Å². The predicted octanol–water partition coefficient (Wildman–Crippen LogP) is 3.37. The van der Waals surface area contributed by atoms with Crippen LogP contribution in [0.1, 0.15) is 59.3 Å². The van der Waals surface area contributed by atoms with Crippen LogP contribution in [-0.2, 0) is 0 Å². The third-order valence-electron chi connectivity index (χ3n) is 6.26. The zero-order chi connectivity index (χ0) is 13.5. The number of piperidine rings is 2. The topological polar surface area (TPSA) is 6.48 Å². The fourth-order valence-corrected chi connectivity index (χ4v) is 4.51. The van der Waals surface area contributed by atoms with Crippen molar-refractivity contribution >= 4 is 0 Å². The third-order valence-corrected chi connectivity index (χ3v) is 6.26. The lowest BCUT2D eigenvalue weighted by atomic mass is 9.59. The van der Waals surface area contributed by atoms with Crippen LogP contribution < -0.4 is 0 Å². The van der Waals surface area contributed by atoms with Gasteiger partial charge in [0.1, 0.15) is 0 Å². The van der Waals surface area contributed by atoms with Gasteiger partial charge in [0.25, 0.3) is 0 Å².